The van der Waals surface area contributed by atoms with Gasteiger partial charge in [0.05, 0.1) is 17.3 Å². The molecule has 3 rings (SSSR count). The van der Waals surface area contributed by atoms with Crippen LogP contribution in [0.25, 0.3) is 0 Å². The Morgan fingerprint density at radius 1 is 1.23 bits per heavy atom. The maximum Gasteiger partial charge on any atom is 0.251 e. The van der Waals surface area contributed by atoms with E-state index in [0.29, 0.717) is 29.5 Å². The van der Waals surface area contributed by atoms with Gasteiger partial charge in [0.1, 0.15) is 12.4 Å². The van der Waals surface area contributed by atoms with E-state index in [1.807, 2.05) is 43.6 Å². The second-order valence-corrected chi connectivity index (χ2v) is 7.05. The number of aryl methyl sites for hydroxylation is 1. The minimum atomic E-state index is -0.140. The minimum absolute atomic E-state index is 0.140. The second kappa shape index (κ2) is 8.38. The van der Waals surface area contributed by atoms with Crippen LogP contribution in [0.1, 0.15) is 21.6 Å². The van der Waals surface area contributed by atoms with Crippen LogP contribution in [0, 0.1) is 0 Å². The zero-order valence-corrected chi connectivity index (χ0v) is 16.4. The van der Waals surface area contributed by atoms with Gasteiger partial charge in [-0.25, -0.2) is 0 Å². The molecule has 7 heteroatoms. The van der Waals surface area contributed by atoms with Crippen LogP contribution >= 0.6 is 27.5 Å². The number of nitrogens with one attached hydrogen (secondary N) is 1. The maximum absolute atomic E-state index is 12.2. The normalized spacial score (nSPS) is 10.6. The van der Waals surface area contributed by atoms with E-state index in [9.17, 15) is 4.79 Å². The molecule has 0 spiro atoms. The van der Waals surface area contributed by atoms with E-state index in [2.05, 4.69) is 26.3 Å². The van der Waals surface area contributed by atoms with Gasteiger partial charge in [-0.3, -0.25) is 9.48 Å². The molecule has 2 aromatic carbocycles. The third kappa shape index (κ3) is 4.86. The van der Waals surface area contributed by atoms with Gasteiger partial charge in [-0.1, -0.05) is 39.7 Å². The second-order valence-electron chi connectivity index (χ2n) is 5.72. The monoisotopic (exact) mass is 433 g/mol. The van der Waals surface area contributed by atoms with Gasteiger partial charge in [0.15, 0.2) is 0 Å². The van der Waals surface area contributed by atoms with E-state index in [4.69, 9.17) is 16.3 Å². The summed E-state index contributed by atoms with van der Waals surface area (Å²) >= 11 is 9.49. The average Bonchev–Trinajstić information content (AvgIpc) is 3.05. The van der Waals surface area contributed by atoms with Gasteiger partial charge in [0.2, 0.25) is 0 Å². The molecule has 1 heterocycles. The summed E-state index contributed by atoms with van der Waals surface area (Å²) in [7, 11) is 1.84. The maximum atomic E-state index is 12.2. The Morgan fingerprint density at radius 2 is 2.00 bits per heavy atom. The number of rotatable bonds is 6. The number of ether oxygens (including phenoxy) is 1. The molecule has 0 aliphatic rings. The summed E-state index contributed by atoms with van der Waals surface area (Å²) in [6, 6.07) is 14.6. The molecule has 1 amide bonds. The van der Waals surface area contributed by atoms with Gasteiger partial charge in [-0.15, -0.1) is 0 Å². The van der Waals surface area contributed by atoms with Crippen molar-refractivity contribution in [2.24, 2.45) is 7.05 Å². The van der Waals surface area contributed by atoms with Crippen LogP contribution in [0.4, 0.5) is 0 Å². The molecule has 3 aromatic rings. The van der Waals surface area contributed by atoms with Gasteiger partial charge in [0, 0.05) is 23.3 Å². The van der Waals surface area contributed by atoms with Crippen molar-refractivity contribution >= 4 is 33.4 Å². The smallest absolute Gasteiger partial charge is 0.251 e. The molecule has 5 nitrogen and oxygen atoms in total. The molecule has 1 aromatic heterocycles. The van der Waals surface area contributed by atoms with Crippen LogP contribution in [0.3, 0.4) is 0 Å². The Bertz CT molecular complexity index is 909. The predicted molar refractivity (Wildman–Crippen MR) is 104 cm³/mol. The van der Waals surface area contributed by atoms with Crippen LogP contribution in [0.5, 0.6) is 5.75 Å². The van der Waals surface area contributed by atoms with Crippen LogP contribution in [0.15, 0.2) is 59.2 Å². The van der Waals surface area contributed by atoms with Crippen molar-refractivity contribution in [2.45, 2.75) is 13.2 Å². The van der Waals surface area contributed by atoms with Crippen LogP contribution in [-0.2, 0) is 20.2 Å². The summed E-state index contributed by atoms with van der Waals surface area (Å²) in [5.74, 6) is 0.478. The Labute approximate surface area is 165 Å². The first-order chi connectivity index (χ1) is 12.5. The summed E-state index contributed by atoms with van der Waals surface area (Å²) in [4.78, 5) is 12.2. The first-order valence-corrected chi connectivity index (χ1v) is 9.12. The number of aromatic nitrogens is 2. The quantitative estimate of drug-likeness (QED) is 0.628. The Balaban J connectivity index is 1.54. The first-order valence-electron chi connectivity index (χ1n) is 7.95. The number of benzene rings is 2. The molecule has 0 unspecified atom stereocenters. The summed E-state index contributed by atoms with van der Waals surface area (Å²) in [6.45, 7) is 0.768. The van der Waals surface area contributed by atoms with E-state index in [0.717, 1.165) is 15.7 Å². The summed E-state index contributed by atoms with van der Waals surface area (Å²) < 4.78 is 8.32. The summed E-state index contributed by atoms with van der Waals surface area (Å²) in [5, 5.41) is 7.62. The summed E-state index contributed by atoms with van der Waals surface area (Å²) in [5.41, 5.74) is 2.36. The molecule has 0 aliphatic heterocycles. The van der Waals surface area contributed by atoms with Gasteiger partial charge < -0.3 is 10.1 Å². The highest BCUT2D eigenvalue weighted by Gasteiger charge is 2.07. The van der Waals surface area contributed by atoms with Gasteiger partial charge in [0.25, 0.3) is 5.91 Å². The third-order valence-electron chi connectivity index (χ3n) is 3.70. The van der Waals surface area contributed by atoms with Crippen LogP contribution in [-0.4, -0.2) is 15.7 Å². The molecular weight excluding hydrogens is 418 g/mol. The lowest BCUT2D eigenvalue weighted by molar-refractivity contribution is 0.0950. The van der Waals surface area contributed by atoms with E-state index in [1.165, 1.54) is 0 Å². The van der Waals surface area contributed by atoms with Crippen molar-refractivity contribution in [2.75, 3.05) is 0 Å². The van der Waals surface area contributed by atoms with E-state index in [1.54, 1.807) is 22.9 Å². The predicted octanol–water partition coefficient (Wildman–Crippen LogP) is 4.35. The van der Waals surface area contributed by atoms with Crippen molar-refractivity contribution in [1.82, 2.24) is 15.1 Å². The molecule has 134 valence electrons. The molecular formula is C19H17BrClN3O2. The Hall–Kier alpha value is -2.31. The van der Waals surface area contributed by atoms with Crippen molar-refractivity contribution in [1.29, 1.82) is 0 Å². The fraction of sp³-hybridized carbons (Fsp3) is 0.158. The first kappa shape index (κ1) is 18.5. The number of hydrogen-bond acceptors (Lipinski definition) is 3. The number of halogens is 2. The van der Waals surface area contributed by atoms with Gasteiger partial charge in [-0.05, 0) is 42.0 Å². The van der Waals surface area contributed by atoms with Crippen molar-refractivity contribution in [3.63, 3.8) is 0 Å². The Morgan fingerprint density at radius 3 is 2.65 bits per heavy atom. The molecule has 0 fully saturated rings. The minimum Gasteiger partial charge on any atom is -0.487 e. The largest absolute Gasteiger partial charge is 0.487 e. The number of carbonyl (C=O) groups is 1. The molecule has 1 N–H and O–H groups in total. The van der Waals surface area contributed by atoms with Crippen molar-refractivity contribution in [3.05, 3.63) is 81.0 Å². The average molecular weight is 435 g/mol. The lowest BCUT2D eigenvalue weighted by atomic mass is 10.1. The molecule has 26 heavy (non-hydrogen) atoms. The zero-order valence-electron chi connectivity index (χ0n) is 14.1. The lowest BCUT2D eigenvalue weighted by Crippen LogP contribution is -2.23. The number of hydrogen-bond donors (Lipinski definition) is 1. The molecule has 0 saturated carbocycles. The standard InChI is InChI=1S/C19H17BrClN3O2/c1-24-9-8-16(23-24)11-22-19(25)14-4-2-13(3-5-14)12-26-18-7-6-15(20)10-17(18)21/h2-10H,11-12H2,1H3,(H,22,25). The highest BCUT2D eigenvalue weighted by Crippen LogP contribution is 2.28. The Kier molecular flexibility index (Phi) is 5.96. The highest BCUT2D eigenvalue weighted by atomic mass is 79.9. The summed E-state index contributed by atoms with van der Waals surface area (Å²) in [6.07, 6.45) is 1.84. The SMILES string of the molecule is Cn1ccc(CNC(=O)c2ccc(COc3ccc(Br)cc3Cl)cc2)n1. The fourth-order valence-corrected chi connectivity index (χ4v) is 3.06. The van der Waals surface area contributed by atoms with Gasteiger partial charge >= 0.3 is 0 Å². The highest BCUT2D eigenvalue weighted by molar-refractivity contribution is 9.10. The molecule has 0 saturated heterocycles. The molecule has 0 aliphatic carbocycles. The lowest BCUT2D eigenvalue weighted by Gasteiger charge is -2.09. The number of carbonyl (C=O) groups excluding carboxylic acids is 1. The van der Waals surface area contributed by atoms with Crippen molar-refractivity contribution in [3.8, 4) is 5.75 Å². The van der Waals surface area contributed by atoms with Crippen molar-refractivity contribution < 1.29 is 9.53 Å². The number of nitrogens with zero attached hydrogens (tertiary/aromatic N) is 2. The number of amides is 1. The van der Waals surface area contributed by atoms with Crippen LogP contribution < -0.4 is 10.1 Å². The molecule has 0 radical (unpaired) electrons. The fourth-order valence-electron chi connectivity index (χ4n) is 2.34. The van der Waals surface area contributed by atoms with E-state index < -0.39 is 0 Å². The molecule has 0 bridgehead atoms. The van der Waals surface area contributed by atoms with E-state index >= 15 is 0 Å². The van der Waals surface area contributed by atoms with Crippen LogP contribution in [0.2, 0.25) is 5.02 Å². The zero-order chi connectivity index (χ0) is 18.5. The topological polar surface area (TPSA) is 56.2 Å². The van der Waals surface area contributed by atoms with Gasteiger partial charge in [-0.2, -0.15) is 5.10 Å². The molecule has 0 atom stereocenters. The third-order valence-corrected chi connectivity index (χ3v) is 4.49. The van der Waals surface area contributed by atoms with E-state index in [-0.39, 0.29) is 5.91 Å².